The molecule has 2 aromatic heterocycles. The summed E-state index contributed by atoms with van der Waals surface area (Å²) in [6.07, 6.45) is 3.10. The molecule has 0 bridgehead atoms. The molecular weight excluding hydrogens is 266 g/mol. The highest BCUT2D eigenvalue weighted by Crippen LogP contribution is 2.26. The number of aryl methyl sites for hydroxylation is 2. The Hall–Kier alpha value is -2.69. The van der Waals surface area contributed by atoms with Crippen molar-refractivity contribution in [1.82, 2.24) is 15.3 Å². The molecule has 0 atom stereocenters. The van der Waals surface area contributed by atoms with E-state index < -0.39 is 0 Å². The van der Waals surface area contributed by atoms with E-state index in [0.717, 1.165) is 27.8 Å². The second kappa shape index (κ2) is 5.36. The zero-order chi connectivity index (χ0) is 14.8. The highest BCUT2D eigenvalue weighted by molar-refractivity contribution is 5.98. The Balaban J connectivity index is 1.83. The first-order valence-electron chi connectivity index (χ1n) is 6.68. The SMILES string of the molecule is Cc1ccc2oc(C(=O)NCc3ccncn3)c(C)c2c1. The van der Waals surface area contributed by atoms with Crippen LogP contribution in [0.1, 0.15) is 27.4 Å². The molecule has 1 aromatic carbocycles. The molecule has 0 saturated heterocycles. The molecule has 1 amide bonds. The van der Waals surface area contributed by atoms with Gasteiger partial charge in [0.2, 0.25) is 0 Å². The molecule has 3 rings (SSSR count). The highest BCUT2D eigenvalue weighted by atomic mass is 16.3. The molecule has 0 spiro atoms. The van der Waals surface area contributed by atoms with Crippen molar-refractivity contribution in [3.63, 3.8) is 0 Å². The average molecular weight is 281 g/mol. The Morgan fingerprint density at radius 3 is 2.90 bits per heavy atom. The topological polar surface area (TPSA) is 68.0 Å². The van der Waals surface area contributed by atoms with E-state index in [1.165, 1.54) is 6.33 Å². The zero-order valence-corrected chi connectivity index (χ0v) is 11.9. The molecule has 0 unspecified atom stereocenters. The lowest BCUT2D eigenvalue weighted by Crippen LogP contribution is -2.23. The number of hydrogen-bond acceptors (Lipinski definition) is 4. The second-order valence-electron chi connectivity index (χ2n) is 4.94. The van der Waals surface area contributed by atoms with Crippen LogP contribution in [0.3, 0.4) is 0 Å². The zero-order valence-electron chi connectivity index (χ0n) is 11.9. The van der Waals surface area contributed by atoms with E-state index in [2.05, 4.69) is 15.3 Å². The summed E-state index contributed by atoms with van der Waals surface area (Å²) >= 11 is 0. The van der Waals surface area contributed by atoms with Crippen molar-refractivity contribution in [2.75, 3.05) is 0 Å². The minimum atomic E-state index is -0.236. The summed E-state index contributed by atoms with van der Waals surface area (Å²) in [6.45, 7) is 4.25. The Morgan fingerprint density at radius 2 is 2.14 bits per heavy atom. The molecule has 1 N–H and O–H groups in total. The smallest absolute Gasteiger partial charge is 0.287 e. The van der Waals surface area contributed by atoms with E-state index in [-0.39, 0.29) is 5.91 Å². The quantitative estimate of drug-likeness (QED) is 0.801. The summed E-state index contributed by atoms with van der Waals surface area (Å²) in [4.78, 5) is 20.1. The number of benzene rings is 1. The number of fused-ring (bicyclic) bond motifs is 1. The van der Waals surface area contributed by atoms with Crippen LogP contribution < -0.4 is 5.32 Å². The Labute approximate surface area is 122 Å². The van der Waals surface area contributed by atoms with Crippen LogP contribution in [-0.2, 0) is 6.54 Å². The number of rotatable bonds is 3. The number of carbonyl (C=O) groups is 1. The first-order chi connectivity index (χ1) is 10.1. The van der Waals surface area contributed by atoms with Crippen LogP contribution in [0.2, 0.25) is 0 Å². The van der Waals surface area contributed by atoms with E-state index in [1.807, 2.05) is 32.0 Å². The lowest BCUT2D eigenvalue weighted by atomic mass is 10.1. The third-order valence-corrected chi connectivity index (χ3v) is 3.37. The van der Waals surface area contributed by atoms with Gasteiger partial charge in [0.25, 0.3) is 5.91 Å². The minimum Gasteiger partial charge on any atom is -0.451 e. The average Bonchev–Trinajstić information content (AvgIpc) is 2.83. The van der Waals surface area contributed by atoms with Gasteiger partial charge >= 0.3 is 0 Å². The minimum absolute atomic E-state index is 0.236. The summed E-state index contributed by atoms with van der Waals surface area (Å²) < 4.78 is 5.66. The molecule has 2 heterocycles. The van der Waals surface area contributed by atoms with Crippen LogP contribution >= 0.6 is 0 Å². The van der Waals surface area contributed by atoms with Gasteiger partial charge in [-0.25, -0.2) is 9.97 Å². The van der Waals surface area contributed by atoms with Crippen molar-refractivity contribution >= 4 is 16.9 Å². The summed E-state index contributed by atoms with van der Waals surface area (Å²) in [7, 11) is 0. The molecule has 0 aliphatic heterocycles. The Bertz CT molecular complexity index is 794. The number of carbonyl (C=O) groups excluding carboxylic acids is 1. The fourth-order valence-corrected chi connectivity index (χ4v) is 2.23. The molecule has 5 heteroatoms. The molecule has 21 heavy (non-hydrogen) atoms. The van der Waals surface area contributed by atoms with E-state index in [1.54, 1.807) is 12.3 Å². The van der Waals surface area contributed by atoms with Gasteiger partial charge in [0.1, 0.15) is 11.9 Å². The number of aromatic nitrogens is 2. The van der Waals surface area contributed by atoms with Crippen molar-refractivity contribution in [3.05, 3.63) is 59.4 Å². The predicted octanol–water partition coefficient (Wildman–Crippen LogP) is 2.77. The van der Waals surface area contributed by atoms with Crippen LogP contribution in [-0.4, -0.2) is 15.9 Å². The van der Waals surface area contributed by atoms with E-state index in [4.69, 9.17) is 4.42 Å². The van der Waals surface area contributed by atoms with Crippen LogP contribution in [0.5, 0.6) is 0 Å². The molecular formula is C16H15N3O2. The predicted molar refractivity (Wildman–Crippen MR) is 78.9 cm³/mol. The molecule has 0 fully saturated rings. The molecule has 0 saturated carbocycles. The van der Waals surface area contributed by atoms with Crippen molar-refractivity contribution in [3.8, 4) is 0 Å². The Morgan fingerprint density at radius 1 is 1.29 bits per heavy atom. The van der Waals surface area contributed by atoms with Crippen LogP contribution in [0.4, 0.5) is 0 Å². The lowest BCUT2D eigenvalue weighted by Gasteiger charge is -2.02. The van der Waals surface area contributed by atoms with Gasteiger partial charge in [0.15, 0.2) is 5.76 Å². The maximum atomic E-state index is 12.2. The van der Waals surface area contributed by atoms with Gasteiger partial charge in [-0.15, -0.1) is 0 Å². The fourth-order valence-electron chi connectivity index (χ4n) is 2.23. The number of nitrogens with one attached hydrogen (secondary N) is 1. The maximum Gasteiger partial charge on any atom is 0.287 e. The number of nitrogens with zero attached hydrogens (tertiary/aromatic N) is 2. The normalized spacial score (nSPS) is 10.8. The van der Waals surface area contributed by atoms with Gasteiger partial charge in [0.05, 0.1) is 12.2 Å². The van der Waals surface area contributed by atoms with Crippen molar-refractivity contribution in [1.29, 1.82) is 0 Å². The summed E-state index contributed by atoms with van der Waals surface area (Å²) in [5.74, 6) is 0.115. The fraction of sp³-hybridized carbons (Fsp3) is 0.188. The first-order valence-corrected chi connectivity index (χ1v) is 6.68. The van der Waals surface area contributed by atoms with E-state index in [9.17, 15) is 4.79 Å². The lowest BCUT2D eigenvalue weighted by molar-refractivity contribution is 0.0924. The summed E-state index contributed by atoms with van der Waals surface area (Å²) in [6, 6.07) is 7.64. The van der Waals surface area contributed by atoms with Crippen molar-refractivity contribution in [2.45, 2.75) is 20.4 Å². The third kappa shape index (κ3) is 2.63. The van der Waals surface area contributed by atoms with Gasteiger partial charge in [0, 0.05) is 17.1 Å². The molecule has 5 nitrogen and oxygen atoms in total. The number of amides is 1. The van der Waals surface area contributed by atoms with Crippen LogP contribution in [0.25, 0.3) is 11.0 Å². The van der Waals surface area contributed by atoms with Gasteiger partial charge < -0.3 is 9.73 Å². The summed E-state index contributed by atoms with van der Waals surface area (Å²) in [5.41, 5.74) is 3.47. The molecule has 106 valence electrons. The maximum absolute atomic E-state index is 12.2. The Kier molecular flexibility index (Phi) is 3.39. The van der Waals surface area contributed by atoms with Gasteiger partial charge in [-0.1, -0.05) is 11.6 Å². The standard InChI is InChI=1S/C16H15N3O2/c1-10-3-4-14-13(7-10)11(2)15(21-14)16(20)18-8-12-5-6-17-9-19-12/h3-7,9H,8H2,1-2H3,(H,18,20). The van der Waals surface area contributed by atoms with Gasteiger partial charge in [-0.05, 0) is 32.0 Å². The van der Waals surface area contributed by atoms with Crippen LogP contribution in [0, 0.1) is 13.8 Å². The first kappa shape index (κ1) is 13.3. The number of hydrogen-bond donors (Lipinski definition) is 1. The molecule has 3 aromatic rings. The monoisotopic (exact) mass is 281 g/mol. The van der Waals surface area contributed by atoms with E-state index >= 15 is 0 Å². The largest absolute Gasteiger partial charge is 0.451 e. The highest BCUT2D eigenvalue weighted by Gasteiger charge is 2.17. The van der Waals surface area contributed by atoms with Crippen molar-refractivity contribution in [2.24, 2.45) is 0 Å². The second-order valence-corrected chi connectivity index (χ2v) is 4.94. The molecule has 0 radical (unpaired) electrons. The number of furan rings is 1. The third-order valence-electron chi connectivity index (χ3n) is 3.37. The van der Waals surface area contributed by atoms with Gasteiger partial charge in [-0.3, -0.25) is 4.79 Å². The summed E-state index contributed by atoms with van der Waals surface area (Å²) in [5, 5.41) is 3.78. The molecule has 0 aliphatic rings. The van der Waals surface area contributed by atoms with E-state index in [0.29, 0.717) is 12.3 Å². The van der Waals surface area contributed by atoms with Crippen LogP contribution in [0.15, 0.2) is 41.2 Å². The van der Waals surface area contributed by atoms with Crippen molar-refractivity contribution < 1.29 is 9.21 Å². The molecule has 0 aliphatic carbocycles. The van der Waals surface area contributed by atoms with Gasteiger partial charge in [-0.2, -0.15) is 0 Å².